The molecule has 0 saturated carbocycles. The van der Waals surface area contributed by atoms with Crippen LogP contribution in [0.3, 0.4) is 0 Å². The zero-order valence-corrected chi connectivity index (χ0v) is 14.9. The maximum absolute atomic E-state index is 12.5. The van der Waals surface area contributed by atoms with Crippen LogP contribution < -0.4 is 4.74 Å². The molecule has 0 N–H and O–H groups in total. The molecule has 0 radical (unpaired) electrons. The average molecular weight is 334 g/mol. The zero-order valence-electron chi connectivity index (χ0n) is 14.9. The summed E-state index contributed by atoms with van der Waals surface area (Å²) < 4.78 is 6.00. The van der Waals surface area contributed by atoms with Crippen molar-refractivity contribution in [3.05, 3.63) is 71.8 Å². The number of allylic oxidation sites excluding steroid dienone is 2. The third-order valence-corrected chi connectivity index (χ3v) is 4.74. The van der Waals surface area contributed by atoms with Crippen LogP contribution in [0.5, 0.6) is 11.5 Å². The molecular weight excluding hydrogens is 308 g/mol. The summed E-state index contributed by atoms with van der Waals surface area (Å²) in [6.45, 7) is 2.21. The van der Waals surface area contributed by atoms with Crippen molar-refractivity contribution < 1.29 is 9.53 Å². The van der Waals surface area contributed by atoms with Crippen molar-refractivity contribution in [2.75, 3.05) is 0 Å². The number of para-hydroxylation sites is 2. The molecule has 0 amide bonds. The molecule has 0 spiro atoms. The molecule has 0 unspecified atom stereocenters. The highest BCUT2D eigenvalue weighted by Crippen LogP contribution is 2.45. The highest BCUT2D eigenvalue weighted by atomic mass is 16.5. The number of rotatable bonds is 8. The first-order valence-corrected chi connectivity index (χ1v) is 9.34. The molecule has 0 aliphatic carbocycles. The van der Waals surface area contributed by atoms with Gasteiger partial charge in [-0.3, -0.25) is 4.79 Å². The van der Waals surface area contributed by atoms with Gasteiger partial charge in [0.2, 0.25) is 0 Å². The first kappa shape index (κ1) is 17.5. The Morgan fingerprint density at radius 1 is 0.960 bits per heavy atom. The van der Waals surface area contributed by atoms with Crippen LogP contribution in [0.4, 0.5) is 0 Å². The predicted molar refractivity (Wildman–Crippen MR) is 102 cm³/mol. The molecule has 1 aliphatic heterocycles. The molecule has 130 valence electrons. The van der Waals surface area contributed by atoms with Crippen LogP contribution >= 0.6 is 0 Å². The molecule has 0 aromatic heterocycles. The van der Waals surface area contributed by atoms with Gasteiger partial charge < -0.3 is 4.74 Å². The van der Waals surface area contributed by atoms with Gasteiger partial charge in [0.1, 0.15) is 11.5 Å². The molecule has 2 heteroatoms. The maximum atomic E-state index is 12.5. The third kappa shape index (κ3) is 4.39. The summed E-state index contributed by atoms with van der Waals surface area (Å²) in [7, 11) is 0. The summed E-state index contributed by atoms with van der Waals surface area (Å²) in [5.74, 6) is 1.98. The molecule has 0 bridgehead atoms. The van der Waals surface area contributed by atoms with E-state index in [0.717, 1.165) is 29.0 Å². The monoisotopic (exact) mass is 334 g/mol. The van der Waals surface area contributed by atoms with Crippen molar-refractivity contribution in [1.82, 2.24) is 0 Å². The van der Waals surface area contributed by atoms with E-state index in [1.807, 2.05) is 42.5 Å². The van der Waals surface area contributed by atoms with E-state index in [1.165, 1.54) is 25.7 Å². The van der Waals surface area contributed by atoms with Crippen LogP contribution in [-0.4, -0.2) is 5.78 Å². The Bertz CT molecular complexity index is 700. The second-order valence-electron chi connectivity index (χ2n) is 6.65. The summed E-state index contributed by atoms with van der Waals surface area (Å²) >= 11 is 0. The number of ether oxygens (including phenoxy) is 1. The van der Waals surface area contributed by atoms with E-state index < -0.39 is 0 Å². The van der Waals surface area contributed by atoms with E-state index in [1.54, 1.807) is 6.08 Å². The molecule has 1 heterocycles. The van der Waals surface area contributed by atoms with Gasteiger partial charge in [-0.2, -0.15) is 0 Å². The molecule has 2 nitrogen and oxygen atoms in total. The van der Waals surface area contributed by atoms with E-state index in [4.69, 9.17) is 4.74 Å². The fourth-order valence-corrected chi connectivity index (χ4v) is 3.40. The van der Waals surface area contributed by atoms with E-state index in [0.29, 0.717) is 6.42 Å². The lowest BCUT2D eigenvalue weighted by Crippen LogP contribution is -2.13. The molecule has 0 fully saturated rings. The Hall–Kier alpha value is -2.35. The van der Waals surface area contributed by atoms with Gasteiger partial charge in [0.25, 0.3) is 0 Å². The summed E-state index contributed by atoms with van der Waals surface area (Å²) in [6, 6.07) is 16.1. The minimum atomic E-state index is 0.0680. The van der Waals surface area contributed by atoms with Crippen LogP contribution in [0.1, 0.15) is 62.5 Å². The highest BCUT2D eigenvalue weighted by Gasteiger charge is 2.27. The molecule has 25 heavy (non-hydrogen) atoms. The normalized spacial score (nSPS) is 13.3. The minimum absolute atomic E-state index is 0.0680. The molecule has 0 atom stereocenters. The molecule has 2 aromatic carbocycles. The molecule has 1 aliphatic rings. The maximum Gasteiger partial charge on any atom is 0.156 e. The lowest BCUT2D eigenvalue weighted by Gasteiger charge is -2.27. The lowest BCUT2D eigenvalue weighted by molar-refractivity contribution is -0.114. The fraction of sp³-hybridized carbons (Fsp3) is 0.348. The second kappa shape index (κ2) is 8.66. The minimum Gasteiger partial charge on any atom is -0.457 e. The Morgan fingerprint density at radius 2 is 1.60 bits per heavy atom. The van der Waals surface area contributed by atoms with Gasteiger partial charge in [-0.1, -0.05) is 68.7 Å². The number of carbonyl (C=O) groups is 1. The number of unbranched alkanes of at least 4 members (excludes halogenated alkanes) is 4. The number of fused-ring (bicyclic) bond motifs is 2. The van der Waals surface area contributed by atoms with Gasteiger partial charge in [0.05, 0.1) is 0 Å². The number of ketones is 1. The van der Waals surface area contributed by atoms with Crippen molar-refractivity contribution in [3.8, 4) is 11.5 Å². The van der Waals surface area contributed by atoms with Crippen molar-refractivity contribution in [3.63, 3.8) is 0 Å². The average Bonchev–Trinajstić information content (AvgIpc) is 2.64. The third-order valence-electron chi connectivity index (χ3n) is 4.74. The van der Waals surface area contributed by atoms with Crippen molar-refractivity contribution in [1.29, 1.82) is 0 Å². The largest absolute Gasteiger partial charge is 0.457 e. The van der Waals surface area contributed by atoms with Crippen LogP contribution in [0.2, 0.25) is 0 Å². The van der Waals surface area contributed by atoms with Gasteiger partial charge in [0.15, 0.2) is 5.78 Å². The number of benzene rings is 2. The van der Waals surface area contributed by atoms with Gasteiger partial charge in [-0.05, 0) is 31.1 Å². The molecule has 0 saturated heterocycles. The van der Waals surface area contributed by atoms with Crippen LogP contribution in [0, 0.1) is 0 Å². The molecular formula is C23H26O2. The topological polar surface area (TPSA) is 26.3 Å². The Morgan fingerprint density at radius 3 is 2.24 bits per heavy atom. The van der Waals surface area contributed by atoms with Gasteiger partial charge >= 0.3 is 0 Å². The zero-order chi connectivity index (χ0) is 17.5. The first-order valence-electron chi connectivity index (χ1n) is 9.34. The van der Waals surface area contributed by atoms with Crippen molar-refractivity contribution in [2.45, 2.75) is 51.4 Å². The summed E-state index contributed by atoms with van der Waals surface area (Å²) in [6.07, 6.45) is 10.2. The van der Waals surface area contributed by atoms with Crippen molar-refractivity contribution >= 4 is 5.78 Å². The molecule has 3 rings (SSSR count). The quantitative estimate of drug-likeness (QED) is 0.412. The smallest absolute Gasteiger partial charge is 0.156 e. The fourth-order valence-electron chi connectivity index (χ4n) is 3.40. The number of hydrogen-bond acceptors (Lipinski definition) is 2. The molecule has 2 aromatic rings. The van der Waals surface area contributed by atoms with Crippen LogP contribution in [-0.2, 0) is 4.79 Å². The highest BCUT2D eigenvalue weighted by molar-refractivity contribution is 5.90. The summed E-state index contributed by atoms with van der Waals surface area (Å²) in [5, 5.41) is 0. The SMILES string of the molecule is CCCCCCC=CC(=O)CC1c2ccccc2Oc2ccccc21. The van der Waals surface area contributed by atoms with Gasteiger partial charge in [0, 0.05) is 23.5 Å². The predicted octanol–water partition coefficient (Wildman–Crippen LogP) is 6.41. The van der Waals surface area contributed by atoms with Gasteiger partial charge in [-0.25, -0.2) is 0 Å². The van der Waals surface area contributed by atoms with Crippen LogP contribution in [0.15, 0.2) is 60.7 Å². The first-order chi connectivity index (χ1) is 12.3. The Kier molecular flexibility index (Phi) is 6.05. The number of hydrogen-bond donors (Lipinski definition) is 0. The van der Waals surface area contributed by atoms with Crippen LogP contribution in [0.25, 0.3) is 0 Å². The Balaban J connectivity index is 1.69. The van der Waals surface area contributed by atoms with Crippen molar-refractivity contribution in [2.24, 2.45) is 0 Å². The van der Waals surface area contributed by atoms with E-state index in [2.05, 4.69) is 19.1 Å². The van der Waals surface area contributed by atoms with Gasteiger partial charge in [-0.15, -0.1) is 0 Å². The second-order valence-corrected chi connectivity index (χ2v) is 6.65. The summed E-state index contributed by atoms with van der Waals surface area (Å²) in [5.41, 5.74) is 2.21. The van der Waals surface area contributed by atoms with E-state index >= 15 is 0 Å². The van der Waals surface area contributed by atoms with E-state index in [9.17, 15) is 4.79 Å². The number of carbonyl (C=O) groups excluding carboxylic acids is 1. The lowest BCUT2D eigenvalue weighted by atomic mass is 9.84. The Labute approximate surface area is 150 Å². The standard InChI is InChI=1S/C23H26O2/c1-2-3-4-5-6-7-12-18(24)17-21-19-13-8-10-15-22(19)25-23-16-11-9-14-20(21)23/h7-16,21H,2-6,17H2,1H3. The van der Waals surface area contributed by atoms with E-state index in [-0.39, 0.29) is 11.7 Å². The summed E-state index contributed by atoms with van der Waals surface area (Å²) in [4.78, 5) is 12.5.